The number of ether oxygens (including phenoxy) is 1. The fraction of sp³-hybridized carbons (Fsp3) is 0.435. The molecule has 2 fully saturated rings. The zero-order chi connectivity index (χ0) is 21.5. The predicted octanol–water partition coefficient (Wildman–Crippen LogP) is 4.04. The first-order chi connectivity index (χ1) is 14.4. The molecule has 0 aromatic heterocycles. The molecule has 4 rings (SSSR count). The first-order valence-corrected chi connectivity index (χ1v) is 10.9. The SMILES string of the molecule is Cc1cc(C2C=C(Cl)C=N2)cc(C)c1C12COC1C(CC(=O)NC/C=C/Cl)CC2=O. The number of aryl methyl sites for hydroxylation is 2. The van der Waals surface area contributed by atoms with Crippen LogP contribution in [0.4, 0.5) is 0 Å². The molecule has 1 saturated heterocycles. The van der Waals surface area contributed by atoms with E-state index in [0.717, 1.165) is 22.3 Å². The molecule has 1 aromatic rings. The van der Waals surface area contributed by atoms with E-state index >= 15 is 0 Å². The highest BCUT2D eigenvalue weighted by Gasteiger charge is 2.64. The van der Waals surface area contributed by atoms with E-state index in [1.807, 2.05) is 19.9 Å². The number of rotatable bonds is 6. The van der Waals surface area contributed by atoms with Gasteiger partial charge in [-0.2, -0.15) is 0 Å². The number of fused-ring (bicyclic) bond motifs is 1. The maximum Gasteiger partial charge on any atom is 0.220 e. The van der Waals surface area contributed by atoms with Crippen molar-refractivity contribution in [2.75, 3.05) is 13.2 Å². The van der Waals surface area contributed by atoms with Crippen LogP contribution in [0.25, 0.3) is 0 Å². The standard InChI is InChI=1S/C23H24Cl2N2O3/c1-13-6-15(18-10-17(25)11-27-18)7-14(2)21(13)23-12-30-22(23)16(8-19(23)28)9-20(29)26-5-3-4-24/h3-4,6-7,10-11,16,18,22H,5,8-9,12H2,1-2H3,(H,26,29)/b4-3+. The number of hydrogen-bond acceptors (Lipinski definition) is 4. The van der Waals surface area contributed by atoms with Crippen LogP contribution in [-0.2, 0) is 19.7 Å². The number of Topliss-reactive ketones (excluding diaryl/α,β-unsaturated/α-hetero) is 1. The quantitative estimate of drug-likeness (QED) is 0.716. The van der Waals surface area contributed by atoms with Crippen molar-refractivity contribution in [1.29, 1.82) is 0 Å². The van der Waals surface area contributed by atoms with Crippen LogP contribution in [0.3, 0.4) is 0 Å². The number of carbonyl (C=O) groups excluding carboxylic acids is 2. The third-order valence-corrected chi connectivity index (χ3v) is 6.72. The van der Waals surface area contributed by atoms with Gasteiger partial charge in [-0.15, -0.1) is 0 Å². The number of nitrogens with zero attached hydrogens (tertiary/aromatic N) is 1. The van der Waals surface area contributed by atoms with E-state index in [4.69, 9.17) is 27.9 Å². The summed E-state index contributed by atoms with van der Waals surface area (Å²) in [7, 11) is 0. The number of allylic oxidation sites excluding steroid dienone is 1. The predicted molar refractivity (Wildman–Crippen MR) is 118 cm³/mol. The van der Waals surface area contributed by atoms with E-state index in [1.165, 1.54) is 5.54 Å². The number of benzene rings is 1. The van der Waals surface area contributed by atoms with Gasteiger partial charge in [-0.05, 0) is 42.2 Å². The van der Waals surface area contributed by atoms with Crippen LogP contribution in [0.1, 0.15) is 41.1 Å². The third-order valence-electron chi connectivity index (χ3n) is 6.32. The molecule has 2 aliphatic heterocycles. The molecule has 1 aliphatic carbocycles. The minimum absolute atomic E-state index is 0.0901. The van der Waals surface area contributed by atoms with E-state index in [2.05, 4.69) is 22.4 Å². The molecular formula is C23H24Cl2N2O3. The minimum Gasteiger partial charge on any atom is -0.375 e. The maximum absolute atomic E-state index is 13.2. The van der Waals surface area contributed by atoms with Gasteiger partial charge in [-0.3, -0.25) is 14.6 Å². The fourth-order valence-electron chi connectivity index (χ4n) is 5.15. The maximum atomic E-state index is 13.2. The summed E-state index contributed by atoms with van der Waals surface area (Å²) in [5.74, 6) is -0.0516. The lowest BCUT2D eigenvalue weighted by Crippen LogP contribution is -2.58. The van der Waals surface area contributed by atoms with Gasteiger partial charge in [-0.1, -0.05) is 41.4 Å². The Morgan fingerprint density at radius 1 is 1.37 bits per heavy atom. The number of halogens is 2. The Labute approximate surface area is 186 Å². The summed E-state index contributed by atoms with van der Waals surface area (Å²) in [5, 5.41) is 3.43. The smallest absolute Gasteiger partial charge is 0.220 e. The lowest BCUT2D eigenvalue weighted by molar-refractivity contribution is -0.159. The van der Waals surface area contributed by atoms with Gasteiger partial charge in [0.15, 0.2) is 0 Å². The van der Waals surface area contributed by atoms with Crippen LogP contribution in [0.2, 0.25) is 0 Å². The summed E-state index contributed by atoms with van der Waals surface area (Å²) in [6.07, 6.45) is 5.60. The number of nitrogens with one attached hydrogen (secondary N) is 1. The van der Waals surface area contributed by atoms with Gasteiger partial charge in [0.2, 0.25) is 5.91 Å². The average molecular weight is 447 g/mol. The first-order valence-electron chi connectivity index (χ1n) is 10.1. The number of ketones is 1. The molecule has 1 aromatic carbocycles. The minimum atomic E-state index is -0.653. The average Bonchev–Trinajstić information content (AvgIpc) is 3.16. The third kappa shape index (κ3) is 3.53. The van der Waals surface area contributed by atoms with Crippen molar-refractivity contribution in [3.8, 4) is 0 Å². The number of carbonyl (C=O) groups is 2. The van der Waals surface area contributed by atoms with Crippen molar-refractivity contribution in [3.05, 3.63) is 57.1 Å². The second-order valence-electron chi connectivity index (χ2n) is 8.26. The molecule has 4 unspecified atom stereocenters. The molecule has 7 heteroatoms. The van der Waals surface area contributed by atoms with Crippen molar-refractivity contribution in [2.24, 2.45) is 10.9 Å². The molecule has 5 nitrogen and oxygen atoms in total. The summed E-state index contributed by atoms with van der Waals surface area (Å²) >= 11 is 11.5. The van der Waals surface area contributed by atoms with Crippen LogP contribution in [-0.4, -0.2) is 37.2 Å². The van der Waals surface area contributed by atoms with Crippen LogP contribution in [0.15, 0.2) is 39.8 Å². The van der Waals surface area contributed by atoms with Gasteiger partial charge in [0.1, 0.15) is 11.2 Å². The van der Waals surface area contributed by atoms with Gasteiger partial charge in [0, 0.05) is 37.1 Å². The molecular weight excluding hydrogens is 423 g/mol. The van der Waals surface area contributed by atoms with Gasteiger partial charge in [0.05, 0.1) is 23.8 Å². The largest absolute Gasteiger partial charge is 0.375 e. The second kappa shape index (κ2) is 8.29. The van der Waals surface area contributed by atoms with E-state index < -0.39 is 5.41 Å². The van der Waals surface area contributed by atoms with E-state index in [-0.39, 0.29) is 36.2 Å². The summed E-state index contributed by atoms with van der Waals surface area (Å²) in [6.45, 7) is 4.82. The molecule has 1 amide bonds. The van der Waals surface area contributed by atoms with Crippen LogP contribution in [0.5, 0.6) is 0 Å². The number of hydrogen-bond donors (Lipinski definition) is 1. The molecule has 0 bridgehead atoms. The van der Waals surface area contributed by atoms with E-state index in [9.17, 15) is 9.59 Å². The Balaban J connectivity index is 1.59. The first kappa shape index (κ1) is 21.3. The zero-order valence-electron chi connectivity index (χ0n) is 17.0. The molecule has 1 N–H and O–H groups in total. The molecule has 3 aliphatic rings. The van der Waals surface area contributed by atoms with Crippen molar-refractivity contribution in [3.63, 3.8) is 0 Å². The van der Waals surface area contributed by atoms with Crippen molar-refractivity contribution < 1.29 is 14.3 Å². The van der Waals surface area contributed by atoms with E-state index in [0.29, 0.717) is 24.6 Å². The second-order valence-corrected chi connectivity index (χ2v) is 8.95. The van der Waals surface area contributed by atoms with Crippen molar-refractivity contribution >= 4 is 41.1 Å². The van der Waals surface area contributed by atoms with Crippen molar-refractivity contribution in [1.82, 2.24) is 5.32 Å². The zero-order valence-corrected chi connectivity index (χ0v) is 18.5. The highest BCUT2D eigenvalue weighted by molar-refractivity contribution is 6.39. The normalized spacial score (nSPS) is 29.8. The lowest BCUT2D eigenvalue weighted by atomic mass is 9.68. The van der Waals surface area contributed by atoms with Gasteiger partial charge in [-0.25, -0.2) is 0 Å². The summed E-state index contributed by atoms with van der Waals surface area (Å²) in [4.78, 5) is 29.9. The Hall–Kier alpha value is -1.95. The summed E-state index contributed by atoms with van der Waals surface area (Å²) < 4.78 is 5.89. The van der Waals surface area contributed by atoms with Crippen LogP contribution in [0, 0.1) is 19.8 Å². The highest BCUT2D eigenvalue weighted by atomic mass is 35.5. The summed E-state index contributed by atoms with van der Waals surface area (Å²) in [6, 6.07) is 4.09. The molecule has 158 valence electrons. The monoisotopic (exact) mass is 446 g/mol. The lowest BCUT2D eigenvalue weighted by Gasteiger charge is -2.47. The van der Waals surface area contributed by atoms with E-state index in [1.54, 1.807) is 12.3 Å². The molecule has 0 radical (unpaired) electrons. The Bertz CT molecular complexity index is 962. The molecule has 2 heterocycles. The van der Waals surface area contributed by atoms with Gasteiger partial charge < -0.3 is 10.1 Å². The Morgan fingerprint density at radius 2 is 2.10 bits per heavy atom. The molecule has 30 heavy (non-hydrogen) atoms. The van der Waals surface area contributed by atoms with Crippen LogP contribution >= 0.6 is 23.2 Å². The Kier molecular flexibility index (Phi) is 5.88. The molecule has 4 atom stereocenters. The molecule has 0 spiro atoms. The van der Waals surface area contributed by atoms with Gasteiger partial charge >= 0.3 is 0 Å². The Morgan fingerprint density at radius 3 is 2.67 bits per heavy atom. The number of amides is 1. The van der Waals surface area contributed by atoms with Crippen LogP contribution < -0.4 is 5.32 Å². The van der Waals surface area contributed by atoms with Gasteiger partial charge in [0.25, 0.3) is 0 Å². The topological polar surface area (TPSA) is 67.8 Å². The highest BCUT2D eigenvalue weighted by Crippen LogP contribution is 2.53. The number of aliphatic imine (C=N–C) groups is 1. The summed E-state index contributed by atoms with van der Waals surface area (Å²) in [5.41, 5.74) is 4.92. The van der Waals surface area contributed by atoms with Crippen molar-refractivity contribution in [2.45, 2.75) is 44.2 Å². The fourth-order valence-corrected chi connectivity index (χ4v) is 5.42. The molecule has 1 saturated carbocycles.